The number of benzene rings is 1. The molecule has 0 heterocycles. The standard InChI is InChI=1S/C16H21NO3/c1-2-3-4-5-6-13-7-9-14(10-8-13)20-16(19)12-11-15(17)18/h7-12H,2-6H2,1H3,(H2,17,18)/b12-11-. The lowest BCUT2D eigenvalue weighted by Gasteiger charge is -2.04. The monoisotopic (exact) mass is 275 g/mol. The molecular weight excluding hydrogens is 254 g/mol. The molecule has 0 saturated carbocycles. The lowest BCUT2D eigenvalue weighted by molar-refractivity contribution is -0.129. The Morgan fingerprint density at radius 2 is 1.80 bits per heavy atom. The molecule has 0 saturated heterocycles. The second-order valence-electron chi connectivity index (χ2n) is 4.61. The van der Waals surface area contributed by atoms with E-state index in [1.165, 1.54) is 31.2 Å². The van der Waals surface area contributed by atoms with Gasteiger partial charge in [0.25, 0.3) is 0 Å². The minimum absolute atomic E-state index is 0.460. The number of esters is 1. The summed E-state index contributed by atoms with van der Waals surface area (Å²) in [5.74, 6) is -0.828. The molecule has 0 aliphatic heterocycles. The molecule has 0 atom stereocenters. The van der Waals surface area contributed by atoms with Crippen molar-refractivity contribution in [3.05, 3.63) is 42.0 Å². The topological polar surface area (TPSA) is 69.4 Å². The highest BCUT2D eigenvalue weighted by Crippen LogP contribution is 2.14. The zero-order chi connectivity index (χ0) is 14.8. The highest BCUT2D eigenvalue weighted by molar-refractivity contribution is 5.94. The number of hydrogen-bond donors (Lipinski definition) is 1. The Balaban J connectivity index is 2.42. The first-order valence-corrected chi connectivity index (χ1v) is 6.90. The maximum absolute atomic E-state index is 11.3. The molecular formula is C16H21NO3. The van der Waals surface area contributed by atoms with E-state index in [-0.39, 0.29) is 0 Å². The van der Waals surface area contributed by atoms with Crippen molar-refractivity contribution in [2.45, 2.75) is 39.0 Å². The first-order chi connectivity index (χ1) is 9.61. The van der Waals surface area contributed by atoms with Gasteiger partial charge in [0.05, 0.1) is 0 Å². The number of carbonyl (C=O) groups is 2. The second-order valence-corrected chi connectivity index (χ2v) is 4.61. The number of primary amides is 1. The average molecular weight is 275 g/mol. The molecule has 0 unspecified atom stereocenters. The molecule has 0 fully saturated rings. The van der Waals surface area contributed by atoms with Crippen LogP contribution < -0.4 is 10.5 Å². The Kier molecular flexibility index (Phi) is 7.11. The van der Waals surface area contributed by atoms with Crippen molar-refractivity contribution in [3.63, 3.8) is 0 Å². The summed E-state index contributed by atoms with van der Waals surface area (Å²) in [7, 11) is 0. The fourth-order valence-corrected chi connectivity index (χ4v) is 1.78. The molecule has 0 spiro atoms. The number of hydrogen-bond acceptors (Lipinski definition) is 3. The van der Waals surface area contributed by atoms with Crippen LogP contribution in [0.25, 0.3) is 0 Å². The smallest absolute Gasteiger partial charge is 0.336 e. The van der Waals surface area contributed by atoms with Crippen LogP contribution >= 0.6 is 0 Å². The molecule has 0 aliphatic carbocycles. The molecule has 1 amide bonds. The third-order valence-electron chi connectivity index (χ3n) is 2.84. The van der Waals surface area contributed by atoms with Crippen molar-refractivity contribution in [3.8, 4) is 5.75 Å². The van der Waals surface area contributed by atoms with Gasteiger partial charge in [0, 0.05) is 12.2 Å². The lowest BCUT2D eigenvalue weighted by atomic mass is 10.1. The molecule has 0 radical (unpaired) electrons. The molecule has 4 nitrogen and oxygen atoms in total. The normalized spacial score (nSPS) is 10.7. The SMILES string of the molecule is CCCCCCc1ccc(OC(=O)/C=C\C(N)=O)cc1. The minimum atomic E-state index is -0.677. The van der Waals surface area contributed by atoms with Gasteiger partial charge in [0.15, 0.2) is 0 Å². The Morgan fingerprint density at radius 3 is 2.40 bits per heavy atom. The molecule has 0 aromatic heterocycles. The number of unbranched alkanes of at least 4 members (excludes halogenated alkanes) is 3. The highest BCUT2D eigenvalue weighted by atomic mass is 16.5. The quantitative estimate of drug-likeness (QED) is 0.343. The van der Waals surface area contributed by atoms with Crippen molar-refractivity contribution < 1.29 is 14.3 Å². The molecule has 0 bridgehead atoms. The van der Waals surface area contributed by atoms with E-state index in [0.29, 0.717) is 5.75 Å². The number of rotatable bonds is 8. The Bertz CT molecular complexity index is 463. The second kappa shape index (κ2) is 8.91. The van der Waals surface area contributed by atoms with Gasteiger partial charge in [-0.1, -0.05) is 38.3 Å². The first-order valence-electron chi connectivity index (χ1n) is 6.90. The van der Waals surface area contributed by atoms with E-state index in [2.05, 4.69) is 6.92 Å². The molecule has 4 heteroatoms. The van der Waals surface area contributed by atoms with Crippen molar-refractivity contribution in [2.75, 3.05) is 0 Å². The zero-order valence-corrected chi connectivity index (χ0v) is 11.8. The Labute approximate surface area is 119 Å². The molecule has 108 valence electrons. The Morgan fingerprint density at radius 1 is 1.10 bits per heavy atom. The van der Waals surface area contributed by atoms with Crippen LogP contribution in [0.15, 0.2) is 36.4 Å². The first kappa shape index (κ1) is 16.0. The van der Waals surface area contributed by atoms with Gasteiger partial charge >= 0.3 is 5.97 Å². The van der Waals surface area contributed by atoms with Crippen LogP contribution in [0.5, 0.6) is 5.75 Å². The fourth-order valence-electron chi connectivity index (χ4n) is 1.78. The third-order valence-corrected chi connectivity index (χ3v) is 2.84. The summed E-state index contributed by atoms with van der Waals surface area (Å²) in [5, 5.41) is 0. The van der Waals surface area contributed by atoms with E-state index in [9.17, 15) is 9.59 Å². The van der Waals surface area contributed by atoms with Gasteiger partial charge in [-0.05, 0) is 30.5 Å². The van der Waals surface area contributed by atoms with Crippen LogP contribution in [0, 0.1) is 0 Å². The molecule has 1 aromatic carbocycles. The summed E-state index contributed by atoms with van der Waals surface area (Å²) in [5.41, 5.74) is 6.12. The maximum atomic E-state index is 11.3. The van der Waals surface area contributed by atoms with Gasteiger partial charge in [0.1, 0.15) is 5.75 Å². The van der Waals surface area contributed by atoms with Crippen LogP contribution in [0.3, 0.4) is 0 Å². The van der Waals surface area contributed by atoms with E-state index in [1.807, 2.05) is 12.1 Å². The predicted molar refractivity (Wildman–Crippen MR) is 78.3 cm³/mol. The van der Waals surface area contributed by atoms with E-state index in [0.717, 1.165) is 18.6 Å². The van der Waals surface area contributed by atoms with Gasteiger partial charge in [-0.25, -0.2) is 4.79 Å². The summed E-state index contributed by atoms with van der Waals surface area (Å²) in [6.07, 6.45) is 7.94. The van der Waals surface area contributed by atoms with Crippen LogP contribution in [0.4, 0.5) is 0 Å². The molecule has 20 heavy (non-hydrogen) atoms. The average Bonchev–Trinajstić information content (AvgIpc) is 2.43. The van der Waals surface area contributed by atoms with Crippen molar-refractivity contribution in [2.24, 2.45) is 5.73 Å². The maximum Gasteiger partial charge on any atom is 0.336 e. The van der Waals surface area contributed by atoms with Crippen LogP contribution in [-0.2, 0) is 16.0 Å². The predicted octanol–water partition coefficient (Wildman–Crippen LogP) is 2.76. The zero-order valence-electron chi connectivity index (χ0n) is 11.8. The lowest BCUT2D eigenvalue weighted by Crippen LogP contribution is -2.09. The minimum Gasteiger partial charge on any atom is -0.423 e. The van der Waals surface area contributed by atoms with E-state index >= 15 is 0 Å². The number of amides is 1. The van der Waals surface area contributed by atoms with Gasteiger partial charge in [-0.15, -0.1) is 0 Å². The number of carbonyl (C=O) groups excluding carboxylic acids is 2. The van der Waals surface area contributed by atoms with E-state index in [1.54, 1.807) is 12.1 Å². The van der Waals surface area contributed by atoms with Crippen molar-refractivity contribution >= 4 is 11.9 Å². The van der Waals surface area contributed by atoms with Gasteiger partial charge in [-0.2, -0.15) is 0 Å². The number of ether oxygens (including phenoxy) is 1. The van der Waals surface area contributed by atoms with Crippen LogP contribution in [-0.4, -0.2) is 11.9 Å². The van der Waals surface area contributed by atoms with Crippen molar-refractivity contribution in [1.29, 1.82) is 0 Å². The summed E-state index contributed by atoms with van der Waals surface area (Å²) in [4.78, 5) is 21.8. The third kappa shape index (κ3) is 6.73. The Hall–Kier alpha value is -2.10. The summed E-state index contributed by atoms with van der Waals surface area (Å²) >= 11 is 0. The largest absolute Gasteiger partial charge is 0.423 e. The summed E-state index contributed by atoms with van der Waals surface area (Å²) in [6.45, 7) is 2.19. The molecule has 1 rings (SSSR count). The summed E-state index contributed by atoms with van der Waals surface area (Å²) in [6, 6.07) is 7.41. The van der Waals surface area contributed by atoms with E-state index in [4.69, 9.17) is 10.5 Å². The van der Waals surface area contributed by atoms with Gasteiger partial charge in [-0.3, -0.25) is 4.79 Å². The number of aryl methyl sites for hydroxylation is 1. The van der Waals surface area contributed by atoms with Crippen LogP contribution in [0.1, 0.15) is 38.2 Å². The number of nitrogens with two attached hydrogens (primary N) is 1. The van der Waals surface area contributed by atoms with E-state index < -0.39 is 11.9 Å². The fraction of sp³-hybridized carbons (Fsp3) is 0.375. The molecule has 0 aliphatic rings. The molecule has 2 N–H and O–H groups in total. The van der Waals surface area contributed by atoms with Crippen molar-refractivity contribution in [1.82, 2.24) is 0 Å². The van der Waals surface area contributed by atoms with Crippen LogP contribution in [0.2, 0.25) is 0 Å². The highest BCUT2D eigenvalue weighted by Gasteiger charge is 2.01. The van der Waals surface area contributed by atoms with Gasteiger partial charge < -0.3 is 10.5 Å². The summed E-state index contributed by atoms with van der Waals surface area (Å²) < 4.78 is 5.03. The molecule has 1 aromatic rings. The van der Waals surface area contributed by atoms with Gasteiger partial charge in [0.2, 0.25) is 5.91 Å².